The van der Waals surface area contributed by atoms with Crippen LogP contribution in [0.25, 0.3) is 0 Å². The highest BCUT2D eigenvalue weighted by Crippen LogP contribution is 2.27. The van der Waals surface area contributed by atoms with Crippen LogP contribution in [0, 0.1) is 5.92 Å². The number of hydrogen-bond donors (Lipinski definition) is 2. The molecule has 0 aliphatic heterocycles. The Morgan fingerprint density at radius 2 is 2.18 bits per heavy atom. The van der Waals surface area contributed by atoms with Gasteiger partial charge in [-0.05, 0) is 43.9 Å². The van der Waals surface area contributed by atoms with Crippen molar-refractivity contribution >= 4 is 29.1 Å². The van der Waals surface area contributed by atoms with Crippen molar-refractivity contribution in [2.75, 3.05) is 13.2 Å². The third-order valence-electron chi connectivity index (χ3n) is 3.86. The lowest BCUT2D eigenvalue weighted by Gasteiger charge is -2.25. The number of carbonyl (C=O) groups is 1. The van der Waals surface area contributed by atoms with Crippen LogP contribution in [0.4, 0.5) is 0 Å². The third kappa shape index (κ3) is 5.34. The van der Waals surface area contributed by atoms with Crippen molar-refractivity contribution in [3.8, 4) is 5.75 Å². The summed E-state index contributed by atoms with van der Waals surface area (Å²) in [7, 11) is 0. The number of nitrogens with two attached hydrogens (primary N) is 1. The molecule has 1 amide bonds. The first-order chi connectivity index (χ1) is 10.6. The normalized spacial score (nSPS) is 21.4. The maximum Gasteiger partial charge on any atom is 0.223 e. The average molecular weight is 345 g/mol. The summed E-state index contributed by atoms with van der Waals surface area (Å²) in [6.45, 7) is 1.08. The molecule has 2 atom stereocenters. The number of nitrogens with one attached hydrogen (secondary N) is 1. The fraction of sp³-hybridized carbons (Fsp3) is 0.562. The summed E-state index contributed by atoms with van der Waals surface area (Å²) in [5, 5.41) is 4.03. The molecule has 1 aliphatic carbocycles. The second-order valence-electron chi connectivity index (χ2n) is 5.69. The lowest BCUT2D eigenvalue weighted by Crippen LogP contribution is -2.38. The van der Waals surface area contributed by atoms with Crippen LogP contribution in [0.1, 0.15) is 32.1 Å². The van der Waals surface area contributed by atoms with E-state index < -0.39 is 0 Å². The van der Waals surface area contributed by atoms with Crippen molar-refractivity contribution in [3.05, 3.63) is 28.2 Å². The van der Waals surface area contributed by atoms with Crippen LogP contribution in [0.5, 0.6) is 5.75 Å². The smallest absolute Gasteiger partial charge is 0.223 e. The predicted octanol–water partition coefficient (Wildman–Crippen LogP) is 3.40. The number of rotatable bonds is 6. The Hall–Kier alpha value is -0.970. The van der Waals surface area contributed by atoms with Gasteiger partial charge in [0.1, 0.15) is 5.75 Å². The van der Waals surface area contributed by atoms with Gasteiger partial charge in [0.2, 0.25) is 5.91 Å². The van der Waals surface area contributed by atoms with E-state index in [2.05, 4.69) is 5.32 Å². The molecule has 2 unspecified atom stereocenters. The molecular weight excluding hydrogens is 323 g/mol. The van der Waals surface area contributed by atoms with Crippen LogP contribution in [-0.4, -0.2) is 25.1 Å². The first kappa shape index (κ1) is 17.4. The number of hydrogen-bond acceptors (Lipinski definition) is 3. The zero-order valence-electron chi connectivity index (χ0n) is 12.5. The van der Waals surface area contributed by atoms with Crippen LogP contribution < -0.4 is 15.8 Å². The number of benzene rings is 1. The van der Waals surface area contributed by atoms with E-state index in [1.165, 1.54) is 0 Å². The SMILES string of the molecule is NC1CCCC(C(=O)NCCCOc2ccc(Cl)cc2Cl)C1. The van der Waals surface area contributed by atoms with E-state index in [4.69, 9.17) is 33.7 Å². The highest BCUT2D eigenvalue weighted by molar-refractivity contribution is 6.35. The molecule has 0 radical (unpaired) electrons. The highest BCUT2D eigenvalue weighted by Gasteiger charge is 2.24. The maximum atomic E-state index is 12.0. The molecule has 1 aromatic rings. The molecule has 0 aromatic heterocycles. The minimum absolute atomic E-state index is 0.0652. The maximum absolute atomic E-state index is 12.0. The Balaban J connectivity index is 1.63. The van der Waals surface area contributed by atoms with Gasteiger partial charge < -0.3 is 15.8 Å². The van der Waals surface area contributed by atoms with Gasteiger partial charge in [0.15, 0.2) is 0 Å². The zero-order chi connectivity index (χ0) is 15.9. The lowest BCUT2D eigenvalue weighted by atomic mass is 9.85. The molecule has 2 rings (SSSR count). The third-order valence-corrected chi connectivity index (χ3v) is 4.39. The first-order valence-corrected chi connectivity index (χ1v) is 8.43. The Morgan fingerprint density at radius 1 is 1.36 bits per heavy atom. The van der Waals surface area contributed by atoms with E-state index in [1.54, 1.807) is 18.2 Å². The average Bonchev–Trinajstić information content (AvgIpc) is 2.48. The van der Waals surface area contributed by atoms with E-state index >= 15 is 0 Å². The Bertz CT molecular complexity index is 511. The summed E-state index contributed by atoms with van der Waals surface area (Å²) >= 11 is 11.8. The van der Waals surface area contributed by atoms with Crippen molar-refractivity contribution in [2.24, 2.45) is 11.7 Å². The summed E-state index contributed by atoms with van der Waals surface area (Å²) in [4.78, 5) is 12.0. The summed E-state index contributed by atoms with van der Waals surface area (Å²) in [6, 6.07) is 5.29. The van der Waals surface area contributed by atoms with Crippen LogP contribution in [0.2, 0.25) is 10.0 Å². The van der Waals surface area contributed by atoms with Crippen LogP contribution in [0.15, 0.2) is 18.2 Å². The molecule has 1 aromatic carbocycles. The summed E-state index contributed by atoms with van der Waals surface area (Å²) in [5.74, 6) is 0.783. The Morgan fingerprint density at radius 3 is 2.91 bits per heavy atom. The molecule has 1 saturated carbocycles. The van der Waals surface area contributed by atoms with Crippen molar-refractivity contribution in [1.29, 1.82) is 0 Å². The summed E-state index contributed by atoms with van der Waals surface area (Å²) in [5.41, 5.74) is 5.91. The van der Waals surface area contributed by atoms with E-state index in [1.807, 2.05) is 0 Å². The molecule has 0 heterocycles. The van der Waals surface area contributed by atoms with Crippen molar-refractivity contribution in [3.63, 3.8) is 0 Å². The molecule has 1 aliphatic rings. The minimum atomic E-state index is 0.0652. The zero-order valence-corrected chi connectivity index (χ0v) is 14.0. The van der Waals surface area contributed by atoms with Gasteiger partial charge >= 0.3 is 0 Å². The van der Waals surface area contributed by atoms with Gasteiger partial charge in [0.25, 0.3) is 0 Å². The predicted molar refractivity (Wildman–Crippen MR) is 89.5 cm³/mol. The van der Waals surface area contributed by atoms with E-state index in [0.29, 0.717) is 28.9 Å². The quantitative estimate of drug-likeness (QED) is 0.777. The lowest BCUT2D eigenvalue weighted by molar-refractivity contribution is -0.126. The molecule has 22 heavy (non-hydrogen) atoms. The minimum Gasteiger partial charge on any atom is -0.492 e. The largest absolute Gasteiger partial charge is 0.492 e. The van der Waals surface area contributed by atoms with Gasteiger partial charge in [0.05, 0.1) is 11.6 Å². The van der Waals surface area contributed by atoms with Crippen molar-refractivity contribution < 1.29 is 9.53 Å². The van der Waals surface area contributed by atoms with Crippen LogP contribution >= 0.6 is 23.2 Å². The molecule has 6 heteroatoms. The summed E-state index contributed by atoms with van der Waals surface area (Å²) < 4.78 is 5.57. The molecule has 122 valence electrons. The van der Waals surface area contributed by atoms with Crippen LogP contribution in [0.3, 0.4) is 0 Å². The van der Waals surface area contributed by atoms with Crippen molar-refractivity contribution in [1.82, 2.24) is 5.32 Å². The Kier molecular flexibility index (Phi) is 6.80. The van der Waals surface area contributed by atoms with Gasteiger partial charge in [-0.15, -0.1) is 0 Å². The van der Waals surface area contributed by atoms with E-state index in [9.17, 15) is 4.79 Å². The first-order valence-electron chi connectivity index (χ1n) is 7.67. The molecule has 3 N–H and O–H groups in total. The Labute approximate surface area is 141 Å². The molecule has 0 spiro atoms. The number of ether oxygens (including phenoxy) is 1. The fourth-order valence-corrected chi connectivity index (χ4v) is 3.13. The van der Waals surface area contributed by atoms with Gasteiger partial charge in [-0.1, -0.05) is 29.6 Å². The van der Waals surface area contributed by atoms with E-state index in [0.717, 1.165) is 32.1 Å². The number of carbonyl (C=O) groups excluding carboxylic acids is 1. The van der Waals surface area contributed by atoms with Crippen LogP contribution in [-0.2, 0) is 4.79 Å². The van der Waals surface area contributed by atoms with Gasteiger partial charge in [0, 0.05) is 23.5 Å². The van der Waals surface area contributed by atoms with Gasteiger partial charge in [-0.25, -0.2) is 0 Å². The van der Waals surface area contributed by atoms with Gasteiger partial charge in [-0.3, -0.25) is 4.79 Å². The van der Waals surface area contributed by atoms with Gasteiger partial charge in [-0.2, -0.15) is 0 Å². The standard InChI is InChI=1S/C16H22Cl2N2O2/c17-12-5-6-15(14(18)10-12)22-8-2-7-20-16(21)11-3-1-4-13(19)9-11/h5-6,10-11,13H,1-4,7-9,19H2,(H,20,21). The number of amides is 1. The highest BCUT2D eigenvalue weighted by atomic mass is 35.5. The monoisotopic (exact) mass is 344 g/mol. The molecule has 0 saturated heterocycles. The second-order valence-corrected chi connectivity index (χ2v) is 6.54. The molecular formula is C16H22Cl2N2O2. The fourth-order valence-electron chi connectivity index (χ4n) is 2.67. The van der Waals surface area contributed by atoms with E-state index in [-0.39, 0.29) is 17.9 Å². The number of halogens is 2. The van der Waals surface area contributed by atoms with Crippen molar-refractivity contribution in [2.45, 2.75) is 38.1 Å². The molecule has 1 fully saturated rings. The topological polar surface area (TPSA) is 64.4 Å². The second kappa shape index (κ2) is 8.61. The molecule has 0 bridgehead atoms. The summed E-state index contributed by atoms with van der Waals surface area (Å²) in [6.07, 6.45) is 4.53. The molecule has 4 nitrogen and oxygen atoms in total.